The highest BCUT2D eigenvalue weighted by Crippen LogP contribution is 2.55. The summed E-state index contributed by atoms with van der Waals surface area (Å²) < 4.78 is 6.15. The van der Waals surface area contributed by atoms with Crippen molar-refractivity contribution >= 4 is 17.3 Å². The van der Waals surface area contributed by atoms with E-state index in [-0.39, 0.29) is 64.1 Å². The molecule has 2 atom stereocenters. The second-order valence-corrected chi connectivity index (χ2v) is 11.9. The van der Waals surface area contributed by atoms with Crippen molar-refractivity contribution in [2.75, 3.05) is 0 Å². The maximum atomic E-state index is 13.7. The highest BCUT2D eigenvalue weighted by Gasteiger charge is 2.55. The Kier molecular flexibility index (Phi) is 6.71. The molecule has 0 amide bonds. The number of hydrogen-bond acceptors (Lipinski definition) is 7. The predicted molar refractivity (Wildman–Crippen MR) is 143 cm³/mol. The van der Waals surface area contributed by atoms with E-state index in [4.69, 9.17) is 4.74 Å². The van der Waals surface area contributed by atoms with E-state index >= 15 is 0 Å². The first-order valence-electron chi connectivity index (χ1n) is 13.0. The predicted octanol–water partition coefficient (Wildman–Crippen LogP) is 6.26. The van der Waals surface area contributed by atoms with Gasteiger partial charge in [-0.2, -0.15) is 0 Å². The van der Waals surface area contributed by atoms with Crippen molar-refractivity contribution < 1.29 is 34.4 Å². The minimum atomic E-state index is -1.42. The number of aliphatic hydroxyl groups excluding tert-OH is 1. The minimum absolute atomic E-state index is 0.00941. The standard InChI is InChI=1S/C31H36O7/c1-15(2)13-18(22-27(35)30(4,5)29(37)31(6,7)28(22)36)21-24(33)16(3)26-23(25(21)34)19(32)14-20(38-26)17-11-9-8-10-12-17/h8-12,15,18,20,33-35H,13-14H2,1-7H3/t18-,20-/m0/s1. The molecule has 0 aromatic heterocycles. The van der Waals surface area contributed by atoms with E-state index < -0.39 is 40.2 Å². The molecule has 202 valence electrons. The molecule has 1 aliphatic heterocycles. The number of carbonyl (C=O) groups is 3. The zero-order valence-electron chi connectivity index (χ0n) is 23.0. The normalized spacial score (nSPS) is 21.4. The van der Waals surface area contributed by atoms with Crippen molar-refractivity contribution in [2.24, 2.45) is 16.7 Å². The molecule has 0 spiro atoms. The Morgan fingerprint density at radius 1 is 0.947 bits per heavy atom. The molecule has 3 N–H and O–H groups in total. The zero-order valence-corrected chi connectivity index (χ0v) is 23.0. The maximum Gasteiger partial charge on any atom is 0.175 e. The van der Waals surface area contributed by atoms with Crippen LogP contribution in [0.1, 0.15) is 93.5 Å². The molecule has 2 aliphatic rings. The quantitative estimate of drug-likeness (QED) is 0.398. The third kappa shape index (κ3) is 4.08. The van der Waals surface area contributed by atoms with Crippen molar-refractivity contribution in [1.29, 1.82) is 0 Å². The van der Waals surface area contributed by atoms with Crippen LogP contribution in [-0.4, -0.2) is 32.7 Å². The Hall–Kier alpha value is -3.61. The first-order chi connectivity index (χ1) is 17.6. The SMILES string of the molecule is Cc1c(O)c([C@H](CC(C)C)C2=C(O)C(C)(C)C(=O)C(C)(C)C2=O)c(O)c2c1O[C@H](c1ccccc1)CC2=O. The molecule has 0 saturated carbocycles. The summed E-state index contributed by atoms with van der Waals surface area (Å²) in [5.41, 5.74) is -1.80. The van der Waals surface area contributed by atoms with Crippen LogP contribution in [-0.2, 0) is 9.59 Å². The number of aromatic hydroxyl groups is 2. The van der Waals surface area contributed by atoms with E-state index in [1.54, 1.807) is 20.8 Å². The zero-order chi connectivity index (χ0) is 28.3. The summed E-state index contributed by atoms with van der Waals surface area (Å²) in [6.45, 7) is 11.6. The van der Waals surface area contributed by atoms with Gasteiger partial charge in [-0.05, 0) is 52.5 Å². The Morgan fingerprint density at radius 2 is 1.55 bits per heavy atom. The van der Waals surface area contributed by atoms with Gasteiger partial charge in [-0.15, -0.1) is 0 Å². The number of phenolic OH excluding ortho intramolecular Hbond substituents is 2. The fourth-order valence-corrected chi connectivity index (χ4v) is 5.84. The lowest BCUT2D eigenvalue weighted by molar-refractivity contribution is -0.144. The van der Waals surface area contributed by atoms with Gasteiger partial charge in [-0.1, -0.05) is 44.2 Å². The molecule has 0 bridgehead atoms. The van der Waals surface area contributed by atoms with Crippen LogP contribution in [0.25, 0.3) is 0 Å². The van der Waals surface area contributed by atoms with Gasteiger partial charge in [0.25, 0.3) is 0 Å². The van der Waals surface area contributed by atoms with Gasteiger partial charge in [0.1, 0.15) is 34.7 Å². The van der Waals surface area contributed by atoms with E-state index in [0.717, 1.165) is 5.56 Å². The first-order valence-corrected chi connectivity index (χ1v) is 13.0. The van der Waals surface area contributed by atoms with Crippen molar-refractivity contribution in [3.05, 3.63) is 63.9 Å². The average Bonchev–Trinajstić information content (AvgIpc) is 2.85. The summed E-state index contributed by atoms with van der Waals surface area (Å²) in [6, 6.07) is 9.24. The maximum absolute atomic E-state index is 13.7. The largest absolute Gasteiger partial charge is 0.511 e. The van der Waals surface area contributed by atoms with Crippen LogP contribution < -0.4 is 4.74 Å². The number of ether oxygens (including phenoxy) is 1. The molecular weight excluding hydrogens is 484 g/mol. The van der Waals surface area contributed by atoms with Crippen LogP contribution in [0.3, 0.4) is 0 Å². The molecule has 0 fully saturated rings. The van der Waals surface area contributed by atoms with Crippen molar-refractivity contribution in [3.63, 3.8) is 0 Å². The molecule has 1 aliphatic carbocycles. The van der Waals surface area contributed by atoms with Crippen molar-refractivity contribution in [1.82, 2.24) is 0 Å². The number of hydrogen-bond donors (Lipinski definition) is 3. The molecular formula is C31H36O7. The number of rotatable bonds is 5. The van der Waals surface area contributed by atoms with Gasteiger partial charge in [0.15, 0.2) is 17.3 Å². The lowest BCUT2D eigenvalue weighted by Crippen LogP contribution is -2.49. The number of ketones is 3. The monoisotopic (exact) mass is 520 g/mol. The van der Waals surface area contributed by atoms with Crippen LogP contribution in [0, 0.1) is 23.7 Å². The molecule has 0 saturated heterocycles. The van der Waals surface area contributed by atoms with Gasteiger partial charge in [0.05, 0.1) is 17.3 Å². The highest BCUT2D eigenvalue weighted by molar-refractivity contribution is 6.19. The van der Waals surface area contributed by atoms with Gasteiger partial charge >= 0.3 is 0 Å². The summed E-state index contributed by atoms with van der Waals surface area (Å²) >= 11 is 0. The third-order valence-electron chi connectivity index (χ3n) is 7.95. The summed E-state index contributed by atoms with van der Waals surface area (Å²) in [6.07, 6.45) is -0.317. The lowest BCUT2D eigenvalue weighted by Gasteiger charge is -2.41. The van der Waals surface area contributed by atoms with E-state index in [9.17, 15) is 29.7 Å². The lowest BCUT2D eigenvalue weighted by atomic mass is 9.60. The molecule has 7 heteroatoms. The summed E-state index contributed by atoms with van der Waals surface area (Å²) in [5.74, 6) is -3.37. The number of fused-ring (bicyclic) bond motifs is 1. The van der Waals surface area contributed by atoms with Crippen LogP contribution >= 0.6 is 0 Å². The second-order valence-electron chi connectivity index (χ2n) is 11.9. The Bertz CT molecular complexity index is 1360. The number of aliphatic hydroxyl groups is 1. The second kappa shape index (κ2) is 9.29. The Morgan fingerprint density at radius 3 is 2.13 bits per heavy atom. The molecule has 0 unspecified atom stereocenters. The summed E-state index contributed by atoms with van der Waals surface area (Å²) in [4.78, 5) is 40.2. The summed E-state index contributed by atoms with van der Waals surface area (Å²) in [7, 11) is 0. The van der Waals surface area contributed by atoms with Gasteiger partial charge < -0.3 is 20.1 Å². The highest BCUT2D eigenvalue weighted by atomic mass is 16.5. The van der Waals surface area contributed by atoms with E-state index in [2.05, 4.69) is 0 Å². The van der Waals surface area contributed by atoms with Gasteiger partial charge in [0, 0.05) is 22.6 Å². The van der Waals surface area contributed by atoms with Gasteiger partial charge in [0.2, 0.25) is 0 Å². The first kappa shape index (κ1) is 27.4. The summed E-state index contributed by atoms with van der Waals surface area (Å²) in [5, 5.41) is 34.3. The number of allylic oxidation sites excluding steroid dienone is 2. The van der Waals surface area contributed by atoms with E-state index in [1.165, 1.54) is 13.8 Å². The van der Waals surface area contributed by atoms with Gasteiger partial charge in [-0.3, -0.25) is 14.4 Å². The minimum Gasteiger partial charge on any atom is -0.511 e. The number of phenols is 2. The average molecular weight is 521 g/mol. The Balaban J connectivity index is 1.96. The molecule has 2 aromatic carbocycles. The third-order valence-corrected chi connectivity index (χ3v) is 7.95. The molecule has 7 nitrogen and oxygen atoms in total. The van der Waals surface area contributed by atoms with Crippen LogP contribution in [0.4, 0.5) is 0 Å². The number of benzene rings is 2. The van der Waals surface area contributed by atoms with Crippen LogP contribution in [0.5, 0.6) is 17.2 Å². The van der Waals surface area contributed by atoms with Crippen molar-refractivity contribution in [2.45, 2.75) is 73.3 Å². The van der Waals surface area contributed by atoms with Crippen LogP contribution in [0.2, 0.25) is 0 Å². The Labute approximate surface area is 223 Å². The molecule has 1 heterocycles. The van der Waals surface area contributed by atoms with Crippen LogP contribution in [0.15, 0.2) is 41.7 Å². The number of carbonyl (C=O) groups excluding carboxylic acids is 3. The fraction of sp³-hybridized carbons (Fsp3) is 0.452. The molecule has 2 aromatic rings. The topological polar surface area (TPSA) is 121 Å². The fourth-order valence-electron chi connectivity index (χ4n) is 5.84. The molecule has 38 heavy (non-hydrogen) atoms. The molecule has 0 radical (unpaired) electrons. The molecule has 4 rings (SSSR count). The van der Waals surface area contributed by atoms with Gasteiger partial charge in [-0.25, -0.2) is 0 Å². The van der Waals surface area contributed by atoms with Crippen molar-refractivity contribution in [3.8, 4) is 17.2 Å². The van der Waals surface area contributed by atoms with E-state index in [1.807, 2.05) is 44.2 Å². The smallest absolute Gasteiger partial charge is 0.175 e. The van der Waals surface area contributed by atoms with E-state index in [0.29, 0.717) is 0 Å². The number of Topliss-reactive ketones (excluding diaryl/α,β-unsaturated/α-hetero) is 3.